The lowest BCUT2D eigenvalue weighted by molar-refractivity contribution is -0.130. The number of carbonyl (C=O) groups is 1. The van der Waals surface area contributed by atoms with Crippen LogP contribution in [0, 0.1) is 22.7 Å². The molecule has 0 unspecified atom stereocenters. The summed E-state index contributed by atoms with van der Waals surface area (Å²) < 4.78 is 0. The monoisotopic (exact) mass is 304 g/mol. The van der Waals surface area contributed by atoms with Crippen molar-refractivity contribution in [2.24, 2.45) is 22.7 Å². The van der Waals surface area contributed by atoms with Crippen molar-refractivity contribution in [3.8, 4) is 0 Å². The molecule has 2 nitrogen and oxygen atoms in total. The summed E-state index contributed by atoms with van der Waals surface area (Å²) in [5.41, 5.74) is 2.70. The molecular weight excluding hydrogens is 272 g/mol. The second kappa shape index (κ2) is 6.70. The molecule has 2 rings (SSSR count). The largest absolute Gasteiger partial charge is 0.392 e. The van der Waals surface area contributed by atoms with E-state index in [1.807, 2.05) is 6.08 Å². The van der Waals surface area contributed by atoms with Crippen LogP contribution in [0.15, 0.2) is 23.8 Å². The van der Waals surface area contributed by atoms with Crippen molar-refractivity contribution in [3.05, 3.63) is 23.8 Å². The minimum absolute atomic E-state index is 0.126. The number of aliphatic hydroxyl groups excluding tert-OH is 1. The molecule has 0 amide bonds. The van der Waals surface area contributed by atoms with Crippen molar-refractivity contribution < 1.29 is 9.90 Å². The van der Waals surface area contributed by atoms with Gasteiger partial charge in [-0.25, -0.2) is 0 Å². The zero-order chi connectivity index (χ0) is 16.4. The third kappa shape index (κ3) is 3.08. The number of rotatable bonds is 5. The van der Waals surface area contributed by atoms with Gasteiger partial charge in [-0.1, -0.05) is 44.1 Å². The van der Waals surface area contributed by atoms with E-state index in [4.69, 9.17) is 5.11 Å². The van der Waals surface area contributed by atoms with E-state index in [2.05, 4.69) is 27.4 Å². The van der Waals surface area contributed by atoms with Gasteiger partial charge in [0.2, 0.25) is 0 Å². The summed E-state index contributed by atoms with van der Waals surface area (Å²) in [5.74, 6) is 0.997. The number of aldehydes is 1. The number of allylic oxidation sites excluding steroid dienone is 2. The van der Waals surface area contributed by atoms with Crippen LogP contribution in [0.4, 0.5) is 0 Å². The van der Waals surface area contributed by atoms with E-state index in [9.17, 15) is 4.79 Å². The highest BCUT2D eigenvalue weighted by atomic mass is 16.2. The van der Waals surface area contributed by atoms with E-state index >= 15 is 0 Å². The van der Waals surface area contributed by atoms with Crippen molar-refractivity contribution in [2.45, 2.75) is 65.7 Å². The highest BCUT2D eigenvalue weighted by Crippen LogP contribution is 2.61. The molecule has 0 spiro atoms. The van der Waals surface area contributed by atoms with Gasteiger partial charge in [0.05, 0.1) is 6.61 Å². The van der Waals surface area contributed by atoms with Crippen LogP contribution < -0.4 is 0 Å². The first-order valence-electron chi connectivity index (χ1n) is 8.78. The van der Waals surface area contributed by atoms with Crippen LogP contribution in [-0.4, -0.2) is 18.0 Å². The molecule has 2 aliphatic carbocycles. The van der Waals surface area contributed by atoms with Gasteiger partial charge >= 0.3 is 0 Å². The zero-order valence-electron chi connectivity index (χ0n) is 14.5. The predicted molar refractivity (Wildman–Crippen MR) is 91.6 cm³/mol. The lowest BCUT2D eigenvalue weighted by Gasteiger charge is -2.57. The molecule has 0 aromatic heterocycles. The summed E-state index contributed by atoms with van der Waals surface area (Å²) in [7, 11) is 0. The second-order valence-corrected chi connectivity index (χ2v) is 8.06. The van der Waals surface area contributed by atoms with E-state index in [0.29, 0.717) is 11.8 Å². The average molecular weight is 304 g/mol. The predicted octanol–water partition coefficient (Wildman–Crippen LogP) is 4.68. The Morgan fingerprint density at radius 1 is 1.41 bits per heavy atom. The summed E-state index contributed by atoms with van der Waals surface area (Å²) in [5, 5.41) is 9.03. The molecule has 0 heterocycles. The Bertz CT molecular complexity index is 464. The number of hydrogen-bond acceptors (Lipinski definition) is 2. The van der Waals surface area contributed by atoms with Crippen molar-refractivity contribution in [1.29, 1.82) is 0 Å². The molecule has 1 N–H and O–H groups in total. The Balaban J connectivity index is 2.22. The van der Waals surface area contributed by atoms with Crippen LogP contribution in [0.25, 0.3) is 0 Å². The van der Waals surface area contributed by atoms with Gasteiger partial charge in [0.25, 0.3) is 0 Å². The van der Waals surface area contributed by atoms with Gasteiger partial charge in [-0.05, 0) is 62.7 Å². The molecule has 0 aromatic carbocycles. The van der Waals surface area contributed by atoms with Gasteiger partial charge < -0.3 is 9.90 Å². The van der Waals surface area contributed by atoms with Crippen molar-refractivity contribution in [1.82, 2.24) is 0 Å². The van der Waals surface area contributed by atoms with Gasteiger partial charge in [0.1, 0.15) is 6.29 Å². The topological polar surface area (TPSA) is 37.3 Å². The quantitative estimate of drug-likeness (QED) is 0.591. The van der Waals surface area contributed by atoms with Crippen LogP contribution >= 0.6 is 0 Å². The molecule has 4 atom stereocenters. The summed E-state index contributed by atoms with van der Waals surface area (Å²) in [6.45, 7) is 11.2. The number of carbonyl (C=O) groups excluding carboxylic acids is 1. The van der Waals surface area contributed by atoms with E-state index in [-0.39, 0.29) is 17.4 Å². The van der Waals surface area contributed by atoms with Gasteiger partial charge in [0.15, 0.2) is 0 Å². The maximum Gasteiger partial charge on any atom is 0.126 e. The number of hydrogen-bond donors (Lipinski definition) is 1. The van der Waals surface area contributed by atoms with Crippen molar-refractivity contribution in [2.75, 3.05) is 6.61 Å². The lowest BCUT2D eigenvalue weighted by Crippen LogP contribution is -2.51. The fraction of sp³-hybridized carbons (Fsp3) is 0.750. The van der Waals surface area contributed by atoms with Crippen LogP contribution in [0.5, 0.6) is 0 Å². The Hall–Kier alpha value is -0.890. The van der Waals surface area contributed by atoms with E-state index in [1.54, 1.807) is 0 Å². The molecular formula is C20H32O2. The fourth-order valence-corrected chi connectivity index (χ4v) is 5.30. The highest BCUT2D eigenvalue weighted by Gasteiger charge is 2.54. The Morgan fingerprint density at radius 3 is 2.77 bits per heavy atom. The molecule has 0 saturated heterocycles. The number of fused-ring (bicyclic) bond motifs is 1. The first kappa shape index (κ1) is 17.5. The molecule has 2 saturated carbocycles. The van der Waals surface area contributed by atoms with Crippen LogP contribution in [-0.2, 0) is 4.79 Å². The summed E-state index contributed by atoms with van der Waals surface area (Å²) in [6, 6.07) is 0. The minimum atomic E-state index is -0.151. The van der Waals surface area contributed by atoms with Gasteiger partial charge in [-0.15, -0.1) is 0 Å². The first-order valence-corrected chi connectivity index (χ1v) is 8.78. The van der Waals surface area contributed by atoms with Gasteiger partial charge in [-0.3, -0.25) is 0 Å². The molecule has 0 aliphatic heterocycles. The molecule has 2 fully saturated rings. The van der Waals surface area contributed by atoms with Crippen molar-refractivity contribution >= 4 is 6.29 Å². The SMILES string of the molecule is C=C1CC[C@@H]2[C@](C)(CCC[C@]2(C)C=O)[C@H]1CC/C(C)=C\CO. The Kier molecular flexibility index (Phi) is 5.32. The lowest BCUT2D eigenvalue weighted by atomic mass is 9.47. The number of aliphatic hydroxyl groups is 1. The third-order valence-electron chi connectivity index (χ3n) is 6.60. The molecule has 2 aliphatic rings. The van der Waals surface area contributed by atoms with Crippen molar-refractivity contribution in [3.63, 3.8) is 0 Å². The Labute approximate surface area is 135 Å². The minimum Gasteiger partial charge on any atom is -0.392 e. The van der Waals surface area contributed by atoms with Crippen LogP contribution in [0.3, 0.4) is 0 Å². The van der Waals surface area contributed by atoms with E-state index < -0.39 is 0 Å². The zero-order valence-corrected chi connectivity index (χ0v) is 14.5. The average Bonchev–Trinajstić information content (AvgIpc) is 2.46. The molecule has 0 aromatic rings. The summed E-state index contributed by atoms with van der Waals surface area (Å²) in [6.07, 6.45) is 10.8. The molecule has 0 radical (unpaired) electrons. The molecule has 2 heteroatoms. The van der Waals surface area contributed by atoms with E-state index in [1.165, 1.54) is 23.9 Å². The first-order chi connectivity index (χ1) is 10.4. The maximum absolute atomic E-state index is 11.8. The molecule has 124 valence electrons. The molecule has 22 heavy (non-hydrogen) atoms. The summed E-state index contributed by atoms with van der Waals surface area (Å²) >= 11 is 0. The molecule has 0 bridgehead atoms. The van der Waals surface area contributed by atoms with Crippen LogP contribution in [0.2, 0.25) is 0 Å². The fourth-order valence-electron chi connectivity index (χ4n) is 5.30. The van der Waals surface area contributed by atoms with Gasteiger partial charge in [-0.2, -0.15) is 0 Å². The normalized spacial score (nSPS) is 39.5. The maximum atomic E-state index is 11.8. The highest BCUT2D eigenvalue weighted by molar-refractivity contribution is 5.60. The third-order valence-corrected chi connectivity index (χ3v) is 6.60. The van der Waals surface area contributed by atoms with E-state index in [0.717, 1.165) is 38.5 Å². The van der Waals surface area contributed by atoms with Crippen LogP contribution in [0.1, 0.15) is 65.7 Å². The summed E-state index contributed by atoms with van der Waals surface area (Å²) in [4.78, 5) is 11.8. The standard InChI is InChI=1S/C20H32O2/c1-15(10-13-21)6-8-17-16(2)7-9-18-19(3,14-22)11-5-12-20(17,18)4/h10,14,17-18,21H,2,5-9,11-13H2,1,3-4H3/b15-10-/t17-,18-,19+,20+/m0/s1. The second-order valence-electron chi connectivity index (χ2n) is 8.06. The Morgan fingerprint density at radius 2 is 2.14 bits per heavy atom. The smallest absolute Gasteiger partial charge is 0.126 e. The van der Waals surface area contributed by atoms with Gasteiger partial charge in [0, 0.05) is 5.41 Å².